The van der Waals surface area contributed by atoms with Crippen LogP contribution in [0, 0.1) is 0 Å². The zero-order chi connectivity index (χ0) is 11.0. The molecule has 0 fully saturated rings. The van der Waals surface area contributed by atoms with Crippen LogP contribution in [0.1, 0.15) is 45.4 Å². The zero-order valence-electron chi connectivity index (χ0n) is 10.1. The minimum atomic E-state index is -1.44. The third kappa shape index (κ3) is 10.2. The van der Waals surface area contributed by atoms with E-state index < -0.39 is 8.32 Å². The van der Waals surface area contributed by atoms with E-state index in [1.807, 2.05) is 0 Å². The van der Waals surface area contributed by atoms with E-state index in [2.05, 4.69) is 26.6 Å². The molecule has 84 valence electrons. The standard InChI is InChI=1S/C11H24OSSi/c1-5-6-7-8-9-10-11(13)12-14(2,3)4/h5-10H2,1-4H3. The highest BCUT2D eigenvalue weighted by molar-refractivity contribution is 7.80. The van der Waals surface area contributed by atoms with Crippen LogP contribution in [0.3, 0.4) is 0 Å². The Kier molecular flexibility index (Phi) is 7.46. The highest BCUT2D eigenvalue weighted by Crippen LogP contribution is 2.10. The van der Waals surface area contributed by atoms with E-state index >= 15 is 0 Å². The molecular weight excluding hydrogens is 208 g/mol. The van der Waals surface area contributed by atoms with Gasteiger partial charge in [-0.25, -0.2) is 0 Å². The molecule has 0 bridgehead atoms. The Bertz CT molecular complexity index is 163. The molecule has 0 aliphatic heterocycles. The molecule has 0 aromatic carbocycles. The molecule has 14 heavy (non-hydrogen) atoms. The van der Waals surface area contributed by atoms with Gasteiger partial charge in [-0.15, -0.1) is 0 Å². The van der Waals surface area contributed by atoms with E-state index in [0.717, 1.165) is 11.5 Å². The SMILES string of the molecule is CCCCCCCC(=S)O[Si](C)(C)C. The Balaban J connectivity index is 3.36. The molecule has 0 rings (SSSR count). The Morgan fingerprint density at radius 2 is 1.64 bits per heavy atom. The van der Waals surface area contributed by atoms with Gasteiger partial charge in [-0.2, -0.15) is 0 Å². The summed E-state index contributed by atoms with van der Waals surface area (Å²) < 4.78 is 5.71. The fourth-order valence-electron chi connectivity index (χ4n) is 1.27. The molecule has 0 heterocycles. The first kappa shape index (κ1) is 14.1. The van der Waals surface area contributed by atoms with Gasteiger partial charge in [0.1, 0.15) is 5.05 Å². The molecule has 3 heteroatoms. The number of thiocarbonyl (C=S) groups is 1. The summed E-state index contributed by atoms with van der Waals surface area (Å²) in [5.41, 5.74) is 0. The second-order valence-corrected chi connectivity index (χ2v) is 9.63. The summed E-state index contributed by atoms with van der Waals surface area (Å²) in [5, 5.41) is 0.834. The minimum Gasteiger partial charge on any atom is -0.540 e. The third-order valence-corrected chi connectivity index (χ3v) is 3.20. The van der Waals surface area contributed by atoms with Crippen LogP contribution in [0.15, 0.2) is 0 Å². The summed E-state index contributed by atoms with van der Waals surface area (Å²) in [6.45, 7) is 8.77. The number of hydrogen-bond donors (Lipinski definition) is 0. The Morgan fingerprint density at radius 3 is 2.14 bits per heavy atom. The number of rotatable bonds is 7. The average molecular weight is 232 g/mol. The molecule has 0 spiro atoms. The van der Waals surface area contributed by atoms with Crippen molar-refractivity contribution in [1.82, 2.24) is 0 Å². The van der Waals surface area contributed by atoms with E-state index in [9.17, 15) is 0 Å². The fourth-order valence-corrected chi connectivity index (χ4v) is 2.94. The van der Waals surface area contributed by atoms with Gasteiger partial charge in [-0.05, 0) is 38.3 Å². The van der Waals surface area contributed by atoms with Crippen molar-refractivity contribution in [3.05, 3.63) is 0 Å². The molecule has 0 amide bonds. The van der Waals surface area contributed by atoms with Crippen LogP contribution < -0.4 is 0 Å². The Labute approximate surface area is 95.4 Å². The van der Waals surface area contributed by atoms with E-state index in [-0.39, 0.29) is 0 Å². The molecule has 0 aliphatic rings. The van der Waals surface area contributed by atoms with Gasteiger partial charge in [0.05, 0.1) is 0 Å². The normalized spacial score (nSPS) is 11.4. The fraction of sp³-hybridized carbons (Fsp3) is 0.909. The largest absolute Gasteiger partial charge is 0.540 e. The molecule has 0 radical (unpaired) electrons. The topological polar surface area (TPSA) is 9.23 Å². The van der Waals surface area contributed by atoms with E-state index in [0.29, 0.717) is 0 Å². The van der Waals surface area contributed by atoms with Crippen molar-refractivity contribution in [1.29, 1.82) is 0 Å². The molecule has 0 saturated carbocycles. The maximum atomic E-state index is 5.71. The van der Waals surface area contributed by atoms with Gasteiger partial charge in [-0.1, -0.05) is 32.6 Å². The van der Waals surface area contributed by atoms with Crippen LogP contribution in [0.2, 0.25) is 19.6 Å². The van der Waals surface area contributed by atoms with Crippen LogP contribution >= 0.6 is 12.2 Å². The molecular formula is C11H24OSSi. The van der Waals surface area contributed by atoms with Gasteiger partial charge in [0.25, 0.3) is 0 Å². The van der Waals surface area contributed by atoms with Crippen molar-refractivity contribution in [3.8, 4) is 0 Å². The Hall–Kier alpha value is 0.107. The monoisotopic (exact) mass is 232 g/mol. The summed E-state index contributed by atoms with van der Waals surface area (Å²) in [4.78, 5) is 0. The lowest BCUT2D eigenvalue weighted by Crippen LogP contribution is -2.28. The van der Waals surface area contributed by atoms with Gasteiger partial charge in [0.15, 0.2) is 0 Å². The van der Waals surface area contributed by atoms with Crippen molar-refractivity contribution in [2.24, 2.45) is 0 Å². The van der Waals surface area contributed by atoms with Gasteiger partial charge in [0.2, 0.25) is 8.32 Å². The predicted octanol–water partition coefficient (Wildman–Crippen LogP) is 4.53. The maximum Gasteiger partial charge on any atom is 0.242 e. The smallest absolute Gasteiger partial charge is 0.242 e. The average Bonchev–Trinajstić information content (AvgIpc) is 2.00. The third-order valence-electron chi connectivity index (χ3n) is 1.90. The van der Waals surface area contributed by atoms with Crippen LogP contribution in [0.5, 0.6) is 0 Å². The molecule has 0 aromatic heterocycles. The second kappa shape index (κ2) is 7.41. The van der Waals surface area contributed by atoms with Crippen LogP contribution in [-0.2, 0) is 4.43 Å². The molecule has 0 saturated heterocycles. The summed E-state index contributed by atoms with van der Waals surface area (Å²) in [6, 6.07) is 0. The first-order valence-corrected chi connectivity index (χ1v) is 9.49. The zero-order valence-corrected chi connectivity index (χ0v) is 11.9. The van der Waals surface area contributed by atoms with Gasteiger partial charge >= 0.3 is 0 Å². The first-order valence-electron chi connectivity index (χ1n) is 5.67. The van der Waals surface area contributed by atoms with E-state index in [1.54, 1.807) is 0 Å². The van der Waals surface area contributed by atoms with Crippen molar-refractivity contribution in [3.63, 3.8) is 0 Å². The molecule has 1 nitrogen and oxygen atoms in total. The lowest BCUT2D eigenvalue weighted by molar-refractivity contribution is 0.535. The summed E-state index contributed by atoms with van der Waals surface area (Å²) in [5.74, 6) is 0. The van der Waals surface area contributed by atoms with Crippen LogP contribution in [-0.4, -0.2) is 13.4 Å². The first-order chi connectivity index (χ1) is 6.45. The van der Waals surface area contributed by atoms with Gasteiger partial charge in [-0.3, -0.25) is 0 Å². The van der Waals surface area contributed by atoms with Crippen LogP contribution in [0.25, 0.3) is 0 Å². The van der Waals surface area contributed by atoms with E-state index in [1.165, 1.54) is 32.1 Å². The second-order valence-electron chi connectivity index (χ2n) is 4.75. The Morgan fingerprint density at radius 1 is 1.07 bits per heavy atom. The minimum absolute atomic E-state index is 0.834. The number of unbranched alkanes of at least 4 members (excludes halogenated alkanes) is 4. The lowest BCUT2D eigenvalue weighted by atomic mass is 10.1. The van der Waals surface area contributed by atoms with Crippen molar-refractivity contribution in [2.45, 2.75) is 65.1 Å². The molecule has 0 unspecified atom stereocenters. The maximum absolute atomic E-state index is 5.71. The molecule has 0 aliphatic carbocycles. The quantitative estimate of drug-likeness (QED) is 0.362. The highest BCUT2D eigenvalue weighted by atomic mass is 32.1. The number of hydrogen-bond acceptors (Lipinski definition) is 2. The van der Waals surface area contributed by atoms with Crippen molar-refractivity contribution >= 4 is 25.6 Å². The molecule has 0 atom stereocenters. The predicted molar refractivity (Wildman–Crippen MR) is 70.4 cm³/mol. The molecule has 0 aromatic rings. The lowest BCUT2D eigenvalue weighted by Gasteiger charge is -2.19. The van der Waals surface area contributed by atoms with Crippen molar-refractivity contribution in [2.75, 3.05) is 0 Å². The summed E-state index contributed by atoms with van der Waals surface area (Å²) >= 11 is 5.19. The van der Waals surface area contributed by atoms with Crippen molar-refractivity contribution < 1.29 is 4.43 Å². The highest BCUT2D eigenvalue weighted by Gasteiger charge is 2.17. The molecule has 0 N–H and O–H groups in total. The summed E-state index contributed by atoms with van der Waals surface area (Å²) in [7, 11) is -1.44. The van der Waals surface area contributed by atoms with Gasteiger partial charge in [0, 0.05) is 6.42 Å². The summed E-state index contributed by atoms with van der Waals surface area (Å²) in [6.07, 6.45) is 7.46. The van der Waals surface area contributed by atoms with Gasteiger partial charge < -0.3 is 4.43 Å². The van der Waals surface area contributed by atoms with E-state index in [4.69, 9.17) is 16.6 Å². The van der Waals surface area contributed by atoms with Crippen LogP contribution in [0.4, 0.5) is 0 Å².